The number of carbonyl (C=O) groups excluding carboxylic acids is 1. The summed E-state index contributed by atoms with van der Waals surface area (Å²) in [6.45, 7) is 3.95. The monoisotopic (exact) mass is 479 g/mol. The third kappa shape index (κ3) is 6.70. The molecule has 0 saturated carbocycles. The molecule has 0 aromatic heterocycles. The normalized spacial score (nSPS) is 17.3. The van der Waals surface area contributed by atoms with Crippen LogP contribution in [0.5, 0.6) is 0 Å². The maximum absolute atomic E-state index is 13.2. The summed E-state index contributed by atoms with van der Waals surface area (Å²) in [5.74, 6) is 0.339. The average Bonchev–Trinajstić information content (AvgIpc) is 3.24. The predicted octanol–water partition coefficient (Wildman–Crippen LogP) is 3.18. The van der Waals surface area contributed by atoms with Gasteiger partial charge < -0.3 is 10.2 Å². The third-order valence-corrected chi connectivity index (χ3v) is 7.73. The number of halogens is 1. The van der Waals surface area contributed by atoms with Gasteiger partial charge in [0.2, 0.25) is 15.9 Å². The topological polar surface area (TPSA) is 78.5 Å². The first-order chi connectivity index (χ1) is 15.3. The summed E-state index contributed by atoms with van der Waals surface area (Å²) in [5.41, 5.74) is 1.93. The van der Waals surface area contributed by atoms with Crippen molar-refractivity contribution in [3.05, 3.63) is 59.9 Å². The van der Waals surface area contributed by atoms with E-state index in [1.165, 1.54) is 12.1 Å². The van der Waals surface area contributed by atoms with E-state index >= 15 is 0 Å². The van der Waals surface area contributed by atoms with Crippen molar-refractivity contribution in [2.75, 3.05) is 36.5 Å². The van der Waals surface area contributed by atoms with Crippen LogP contribution >= 0.6 is 11.8 Å². The molecule has 2 aromatic carbocycles. The lowest BCUT2D eigenvalue weighted by molar-refractivity contribution is -0.122. The van der Waals surface area contributed by atoms with E-state index in [1.807, 2.05) is 13.2 Å². The molecule has 9 heteroatoms. The molecular formula is C23H30FN3O3S2. The maximum Gasteiger partial charge on any atom is 0.241 e. The molecule has 0 radical (unpaired) electrons. The second-order valence-corrected chi connectivity index (χ2v) is 10.8. The van der Waals surface area contributed by atoms with Gasteiger partial charge in [-0.25, -0.2) is 12.8 Å². The van der Waals surface area contributed by atoms with Gasteiger partial charge in [0.25, 0.3) is 0 Å². The minimum atomic E-state index is -3.80. The Labute approximate surface area is 194 Å². The Morgan fingerprint density at radius 3 is 2.53 bits per heavy atom. The van der Waals surface area contributed by atoms with Crippen LogP contribution in [0, 0.1) is 18.7 Å². The van der Waals surface area contributed by atoms with Gasteiger partial charge in [-0.1, -0.05) is 17.7 Å². The molecule has 6 nitrogen and oxygen atoms in total. The SMILES string of the molecule is CSCCC(NS(=O)(=O)c1ccc(C)cc1)C(=O)NCC1CCN(c2ccc(F)cc2)C1. The van der Waals surface area contributed by atoms with Crippen LogP contribution in [0.1, 0.15) is 18.4 Å². The van der Waals surface area contributed by atoms with Crippen LogP contribution in [0.25, 0.3) is 0 Å². The van der Waals surface area contributed by atoms with Crippen LogP contribution in [-0.4, -0.2) is 52.0 Å². The fraction of sp³-hybridized carbons (Fsp3) is 0.435. The second kappa shape index (κ2) is 11.2. The Balaban J connectivity index is 1.57. The van der Waals surface area contributed by atoms with Crippen LogP contribution in [0.2, 0.25) is 0 Å². The van der Waals surface area contributed by atoms with Gasteiger partial charge in [0.1, 0.15) is 11.9 Å². The Morgan fingerprint density at radius 2 is 1.88 bits per heavy atom. The highest BCUT2D eigenvalue weighted by molar-refractivity contribution is 7.98. The first-order valence-electron chi connectivity index (χ1n) is 10.6. The summed E-state index contributed by atoms with van der Waals surface area (Å²) in [4.78, 5) is 15.2. The fourth-order valence-electron chi connectivity index (χ4n) is 3.71. The van der Waals surface area contributed by atoms with Gasteiger partial charge in [-0.05, 0) is 74.1 Å². The number of hydrogen-bond acceptors (Lipinski definition) is 5. The molecule has 1 heterocycles. The zero-order valence-corrected chi connectivity index (χ0v) is 20.0. The largest absolute Gasteiger partial charge is 0.371 e. The lowest BCUT2D eigenvalue weighted by Gasteiger charge is -2.21. The van der Waals surface area contributed by atoms with Gasteiger partial charge in [-0.3, -0.25) is 4.79 Å². The molecule has 2 atom stereocenters. The zero-order chi connectivity index (χ0) is 23.1. The number of sulfonamides is 1. The number of thioether (sulfide) groups is 1. The van der Waals surface area contributed by atoms with E-state index in [4.69, 9.17) is 0 Å². The summed E-state index contributed by atoms with van der Waals surface area (Å²) in [6.07, 6.45) is 3.23. The molecule has 1 fully saturated rings. The number of nitrogens with zero attached hydrogens (tertiary/aromatic N) is 1. The molecular weight excluding hydrogens is 449 g/mol. The molecule has 0 bridgehead atoms. The van der Waals surface area contributed by atoms with Gasteiger partial charge >= 0.3 is 0 Å². The Bertz CT molecular complexity index is 998. The maximum atomic E-state index is 13.2. The van der Waals surface area contributed by atoms with Crippen molar-refractivity contribution in [3.8, 4) is 0 Å². The molecule has 1 aliphatic rings. The molecule has 0 spiro atoms. The quantitative estimate of drug-likeness (QED) is 0.547. The van der Waals surface area contributed by atoms with Crippen LogP contribution in [0.4, 0.5) is 10.1 Å². The van der Waals surface area contributed by atoms with Crippen molar-refractivity contribution in [1.29, 1.82) is 0 Å². The highest BCUT2D eigenvalue weighted by atomic mass is 32.2. The molecule has 1 aliphatic heterocycles. The van der Waals surface area contributed by atoms with Gasteiger partial charge in [-0.15, -0.1) is 0 Å². The first-order valence-corrected chi connectivity index (χ1v) is 13.5. The van der Waals surface area contributed by atoms with E-state index < -0.39 is 16.1 Å². The van der Waals surface area contributed by atoms with E-state index in [0.717, 1.165) is 30.8 Å². The van der Waals surface area contributed by atoms with Crippen LogP contribution in [-0.2, 0) is 14.8 Å². The van der Waals surface area contributed by atoms with Crippen molar-refractivity contribution >= 4 is 33.4 Å². The molecule has 2 aromatic rings. The first kappa shape index (κ1) is 24.5. The molecule has 0 aliphatic carbocycles. The number of benzene rings is 2. The lowest BCUT2D eigenvalue weighted by atomic mass is 10.1. The van der Waals surface area contributed by atoms with Gasteiger partial charge in [0.15, 0.2) is 0 Å². The van der Waals surface area contributed by atoms with Gasteiger partial charge in [0.05, 0.1) is 4.90 Å². The van der Waals surface area contributed by atoms with E-state index in [-0.39, 0.29) is 22.5 Å². The smallest absolute Gasteiger partial charge is 0.241 e. The molecule has 2 unspecified atom stereocenters. The van der Waals surface area contributed by atoms with Crippen molar-refractivity contribution < 1.29 is 17.6 Å². The molecule has 2 N–H and O–H groups in total. The fourth-order valence-corrected chi connectivity index (χ4v) is 5.41. The molecule has 174 valence electrons. The number of amides is 1. The Morgan fingerprint density at radius 1 is 1.19 bits per heavy atom. The van der Waals surface area contributed by atoms with Crippen molar-refractivity contribution in [1.82, 2.24) is 10.0 Å². The van der Waals surface area contributed by atoms with Crippen molar-refractivity contribution in [2.24, 2.45) is 5.92 Å². The number of hydrogen-bond donors (Lipinski definition) is 2. The number of carbonyl (C=O) groups is 1. The average molecular weight is 480 g/mol. The Kier molecular flexibility index (Phi) is 8.56. The number of rotatable bonds is 10. The standard InChI is InChI=1S/C23H30FN3O3S2/c1-17-3-9-21(10-4-17)32(29,30)26-22(12-14-31-2)23(28)25-15-18-11-13-27(16-18)20-7-5-19(24)6-8-20/h3-10,18,22,26H,11-16H2,1-2H3,(H,25,28). The summed E-state index contributed by atoms with van der Waals surface area (Å²) >= 11 is 1.57. The minimum absolute atomic E-state index is 0.149. The van der Waals surface area contributed by atoms with Crippen LogP contribution in [0.15, 0.2) is 53.4 Å². The highest BCUT2D eigenvalue weighted by Crippen LogP contribution is 2.23. The molecule has 3 rings (SSSR count). The predicted molar refractivity (Wildman–Crippen MR) is 128 cm³/mol. The van der Waals surface area contributed by atoms with E-state index in [1.54, 1.807) is 48.2 Å². The number of anilines is 1. The molecule has 1 amide bonds. The summed E-state index contributed by atoms with van der Waals surface area (Å²) in [6, 6.07) is 12.1. The number of aryl methyl sites for hydroxylation is 1. The zero-order valence-electron chi connectivity index (χ0n) is 18.4. The highest BCUT2D eigenvalue weighted by Gasteiger charge is 2.28. The summed E-state index contributed by atoms with van der Waals surface area (Å²) in [5, 5.41) is 2.94. The van der Waals surface area contributed by atoms with E-state index in [9.17, 15) is 17.6 Å². The van der Waals surface area contributed by atoms with Gasteiger partial charge in [0, 0.05) is 25.3 Å². The van der Waals surface area contributed by atoms with Crippen LogP contribution in [0.3, 0.4) is 0 Å². The van der Waals surface area contributed by atoms with Crippen molar-refractivity contribution in [3.63, 3.8) is 0 Å². The summed E-state index contributed by atoms with van der Waals surface area (Å²) in [7, 11) is -3.80. The number of nitrogens with one attached hydrogen (secondary N) is 2. The lowest BCUT2D eigenvalue weighted by Crippen LogP contribution is -2.48. The minimum Gasteiger partial charge on any atom is -0.371 e. The molecule has 1 saturated heterocycles. The van der Waals surface area contributed by atoms with E-state index in [0.29, 0.717) is 18.7 Å². The van der Waals surface area contributed by atoms with Crippen molar-refractivity contribution in [2.45, 2.75) is 30.7 Å². The second-order valence-electron chi connectivity index (χ2n) is 8.09. The molecule has 32 heavy (non-hydrogen) atoms. The third-order valence-electron chi connectivity index (χ3n) is 5.60. The van der Waals surface area contributed by atoms with Gasteiger partial charge in [-0.2, -0.15) is 16.5 Å². The summed E-state index contributed by atoms with van der Waals surface area (Å²) < 4.78 is 41.3. The Hall–Kier alpha value is -2.10. The van der Waals surface area contributed by atoms with Crippen LogP contribution < -0.4 is 14.9 Å². The van der Waals surface area contributed by atoms with E-state index in [2.05, 4.69) is 14.9 Å².